The molecule has 1 amide bonds. The van der Waals surface area contributed by atoms with Gasteiger partial charge in [-0.05, 0) is 51.3 Å². The van der Waals surface area contributed by atoms with Gasteiger partial charge in [-0.2, -0.15) is 5.10 Å². The maximum Gasteiger partial charge on any atom is 0.337 e. The SMILES string of the molecule is Cc1nc(C(=O)NCCCc2c(C)nn(C)c2C)ccc1C(=O)O. The molecule has 7 heteroatoms. The van der Waals surface area contributed by atoms with Crippen LogP contribution in [-0.2, 0) is 13.5 Å². The Morgan fingerprint density at radius 3 is 2.46 bits per heavy atom. The van der Waals surface area contributed by atoms with Crippen LogP contribution in [0.15, 0.2) is 12.1 Å². The molecule has 0 atom stereocenters. The van der Waals surface area contributed by atoms with Crippen molar-refractivity contribution in [1.29, 1.82) is 0 Å². The Morgan fingerprint density at radius 1 is 1.21 bits per heavy atom. The lowest BCUT2D eigenvalue weighted by Gasteiger charge is -2.07. The average Bonchev–Trinajstić information content (AvgIpc) is 2.76. The van der Waals surface area contributed by atoms with Gasteiger partial charge in [-0.15, -0.1) is 0 Å². The molecular formula is C17H22N4O3. The second-order valence-corrected chi connectivity index (χ2v) is 5.77. The lowest BCUT2D eigenvalue weighted by Crippen LogP contribution is -2.26. The summed E-state index contributed by atoms with van der Waals surface area (Å²) >= 11 is 0. The Hall–Kier alpha value is -2.70. The molecular weight excluding hydrogens is 308 g/mol. The van der Waals surface area contributed by atoms with Gasteiger partial charge in [-0.25, -0.2) is 9.78 Å². The minimum Gasteiger partial charge on any atom is -0.478 e. The summed E-state index contributed by atoms with van der Waals surface area (Å²) in [6.45, 7) is 6.12. The molecule has 7 nitrogen and oxygen atoms in total. The summed E-state index contributed by atoms with van der Waals surface area (Å²) in [4.78, 5) is 27.1. The quantitative estimate of drug-likeness (QED) is 0.787. The molecule has 24 heavy (non-hydrogen) atoms. The molecule has 0 fully saturated rings. The molecule has 0 aliphatic carbocycles. The number of carboxylic acid groups (broad SMARTS) is 1. The summed E-state index contributed by atoms with van der Waals surface area (Å²) in [5, 5.41) is 16.2. The number of carboxylic acids is 1. The predicted octanol–water partition coefficient (Wildman–Crippen LogP) is 1.80. The number of carbonyl (C=O) groups excluding carboxylic acids is 1. The maximum absolute atomic E-state index is 12.1. The van der Waals surface area contributed by atoms with Gasteiger partial charge in [-0.1, -0.05) is 0 Å². The van der Waals surface area contributed by atoms with E-state index in [4.69, 9.17) is 5.11 Å². The van der Waals surface area contributed by atoms with E-state index in [-0.39, 0.29) is 17.2 Å². The Kier molecular flexibility index (Phi) is 5.33. The molecule has 2 aromatic heterocycles. The Labute approximate surface area is 140 Å². The minimum absolute atomic E-state index is 0.106. The van der Waals surface area contributed by atoms with E-state index in [0.717, 1.165) is 24.2 Å². The van der Waals surface area contributed by atoms with Crippen molar-refractivity contribution in [2.45, 2.75) is 33.6 Å². The van der Waals surface area contributed by atoms with Crippen molar-refractivity contribution in [2.24, 2.45) is 7.05 Å². The van der Waals surface area contributed by atoms with Crippen LogP contribution in [0.1, 0.15) is 49.9 Å². The molecule has 2 aromatic rings. The molecule has 0 saturated carbocycles. The molecule has 0 spiro atoms. The van der Waals surface area contributed by atoms with Crippen molar-refractivity contribution < 1.29 is 14.7 Å². The number of aryl methyl sites for hydroxylation is 3. The van der Waals surface area contributed by atoms with Gasteiger partial charge in [0.15, 0.2) is 0 Å². The van der Waals surface area contributed by atoms with Crippen LogP contribution in [0.2, 0.25) is 0 Å². The summed E-state index contributed by atoms with van der Waals surface area (Å²) in [6, 6.07) is 2.84. The first kappa shape index (κ1) is 17.7. The van der Waals surface area contributed by atoms with Crippen molar-refractivity contribution in [3.8, 4) is 0 Å². The average molecular weight is 330 g/mol. The molecule has 2 heterocycles. The molecule has 2 rings (SSSR count). The van der Waals surface area contributed by atoms with Crippen LogP contribution in [0.5, 0.6) is 0 Å². The number of carbonyl (C=O) groups is 2. The number of pyridine rings is 1. The first-order valence-corrected chi connectivity index (χ1v) is 7.79. The number of nitrogens with zero attached hydrogens (tertiary/aromatic N) is 3. The lowest BCUT2D eigenvalue weighted by molar-refractivity contribution is 0.0694. The van der Waals surface area contributed by atoms with Gasteiger partial charge in [0.05, 0.1) is 17.0 Å². The normalized spacial score (nSPS) is 10.7. The second kappa shape index (κ2) is 7.25. The van der Waals surface area contributed by atoms with E-state index < -0.39 is 5.97 Å². The van der Waals surface area contributed by atoms with Crippen molar-refractivity contribution in [1.82, 2.24) is 20.1 Å². The number of amides is 1. The minimum atomic E-state index is -1.05. The van der Waals surface area contributed by atoms with E-state index in [1.54, 1.807) is 6.92 Å². The number of aromatic carboxylic acids is 1. The Bertz CT molecular complexity index is 780. The molecule has 128 valence electrons. The van der Waals surface area contributed by atoms with Gasteiger partial charge in [-0.3, -0.25) is 9.48 Å². The first-order chi connectivity index (χ1) is 11.3. The van der Waals surface area contributed by atoms with Gasteiger partial charge >= 0.3 is 5.97 Å². The van der Waals surface area contributed by atoms with E-state index in [1.165, 1.54) is 17.7 Å². The smallest absolute Gasteiger partial charge is 0.337 e. The van der Waals surface area contributed by atoms with Gasteiger partial charge < -0.3 is 10.4 Å². The third-order valence-corrected chi connectivity index (χ3v) is 4.10. The van der Waals surface area contributed by atoms with Crippen LogP contribution in [-0.4, -0.2) is 38.3 Å². The highest BCUT2D eigenvalue weighted by Crippen LogP contribution is 2.13. The number of hydrogen-bond acceptors (Lipinski definition) is 4. The van der Waals surface area contributed by atoms with Crippen LogP contribution >= 0.6 is 0 Å². The van der Waals surface area contributed by atoms with E-state index in [2.05, 4.69) is 15.4 Å². The van der Waals surface area contributed by atoms with Gasteiger partial charge in [0, 0.05) is 19.3 Å². The monoisotopic (exact) mass is 330 g/mol. The van der Waals surface area contributed by atoms with Gasteiger partial charge in [0.25, 0.3) is 5.91 Å². The number of rotatable bonds is 6. The molecule has 2 N–H and O–H groups in total. The third-order valence-electron chi connectivity index (χ3n) is 4.10. The second-order valence-electron chi connectivity index (χ2n) is 5.77. The highest BCUT2D eigenvalue weighted by molar-refractivity contribution is 5.94. The van der Waals surface area contributed by atoms with Crippen LogP contribution in [0, 0.1) is 20.8 Å². The standard InChI is InChI=1S/C17H22N4O3/c1-10-14(17(23)24)7-8-15(19-10)16(22)18-9-5-6-13-11(2)20-21(4)12(13)3/h7-8H,5-6,9H2,1-4H3,(H,18,22)(H,23,24). The fourth-order valence-corrected chi connectivity index (χ4v) is 2.65. The van der Waals surface area contributed by atoms with Crippen LogP contribution in [0.4, 0.5) is 0 Å². The van der Waals surface area contributed by atoms with Gasteiger partial charge in [0.2, 0.25) is 0 Å². The molecule has 0 aromatic carbocycles. The number of aromatic nitrogens is 3. The highest BCUT2D eigenvalue weighted by Gasteiger charge is 2.13. The van der Waals surface area contributed by atoms with Crippen LogP contribution in [0.25, 0.3) is 0 Å². The Morgan fingerprint density at radius 2 is 1.92 bits per heavy atom. The maximum atomic E-state index is 12.1. The van der Waals surface area contributed by atoms with Crippen LogP contribution in [0.3, 0.4) is 0 Å². The molecule has 0 radical (unpaired) electrons. The van der Waals surface area contributed by atoms with Crippen molar-refractivity contribution in [3.05, 3.63) is 46.0 Å². The van der Waals surface area contributed by atoms with E-state index >= 15 is 0 Å². The third kappa shape index (κ3) is 3.79. The summed E-state index contributed by atoms with van der Waals surface area (Å²) in [5.41, 5.74) is 4.03. The largest absolute Gasteiger partial charge is 0.478 e. The van der Waals surface area contributed by atoms with E-state index in [0.29, 0.717) is 12.2 Å². The van der Waals surface area contributed by atoms with Crippen molar-refractivity contribution in [2.75, 3.05) is 6.54 Å². The van der Waals surface area contributed by atoms with Gasteiger partial charge in [0.1, 0.15) is 5.69 Å². The number of hydrogen-bond donors (Lipinski definition) is 2. The van der Waals surface area contributed by atoms with Crippen LogP contribution < -0.4 is 5.32 Å². The highest BCUT2D eigenvalue weighted by atomic mass is 16.4. The fraction of sp³-hybridized carbons (Fsp3) is 0.412. The molecule has 0 aliphatic rings. The summed E-state index contributed by atoms with van der Waals surface area (Å²) in [5.74, 6) is -1.34. The Balaban J connectivity index is 1.89. The molecule has 0 aliphatic heterocycles. The topological polar surface area (TPSA) is 97.1 Å². The molecule has 0 unspecified atom stereocenters. The molecule has 0 bridgehead atoms. The summed E-state index contributed by atoms with van der Waals surface area (Å²) < 4.78 is 1.86. The zero-order valence-electron chi connectivity index (χ0n) is 14.4. The zero-order chi connectivity index (χ0) is 17.9. The van der Waals surface area contributed by atoms with Crippen molar-refractivity contribution in [3.63, 3.8) is 0 Å². The number of nitrogens with one attached hydrogen (secondary N) is 1. The summed E-state index contributed by atoms with van der Waals surface area (Å²) in [7, 11) is 1.92. The first-order valence-electron chi connectivity index (χ1n) is 7.79. The predicted molar refractivity (Wildman–Crippen MR) is 89.3 cm³/mol. The molecule has 0 saturated heterocycles. The lowest BCUT2D eigenvalue weighted by atomic mass is 10.1. The zero-order valence-corrected chi connectivity index (χ0v) is 14.4. The summed E-state index contributed by atoms with van der Waals surface area (Å²) in [6.07, 6.45) is 1.64. The van der Waals surface area contributed by atoms with E-state index in [9.17, 15) is 9.59 Å². The van der Waals surface area contributed by atoms with Crippen molar-refractivity contribution >= 4 is 11.9 Å². The fourth-order valence-electron chi connectivity index (χ4n) is 2.65. The van der Waals surface area contributed by atoms with E-state index in [1.807, 2.05) is 25.6 Å².